The monoisotopic (exact) mass is 333 g/mol. The summed E-state index contributed by atoms with van der Waals surface area (Å²) in [7, 11) is 0. The number of carbonyl (C=O) groups excluding carboxylic acids is 1. The molecule has 0 atom stereocenters. The van der Waals surface area contributed by atoms with Crippen molar-refractivity contribution in [2.45, 2.75) is 18.8 Å². The van der Waals surface area contributed by atoms with Gasteiger partial charge in [0.1, 0.15) is 0 Å². The molecule has 2 aromatic carbocycles. The number of aryl methyl sites for hydroxylation is 1. The Kier molecular flexibility index (Phi) is 4.29. The van der Waals surface area contributed by atoms with Gasteiger partial charge in [-0.15, -0.1) is 0 Å². The van der Waals surface area contributed by atoms with Gasteiger partial charge in [-0.3, -0.25) is 4.79 Å². The van der Waals surface area contributed by atoms with Crippen LogP contribution in [0.2, 0.25) is 0 Å². The minimum absolute atomic E-state index is 0.144. The minimum Gasteiger partial charge on any atom is -0.341 e. The van der Waals surface area contributed by atoms with E-state index in [-0.39, 0.29) is 11.8 Å². The van der Waals surface area contributed by atoms with Gasteiger partial charge in [0.05, 0.1) is 5.92 Å². The van der Waals surface area contributed by atoms with E-state index < -0.39 is 0 Å². The summed E-state index contributed by atoms with van der Waals surface area (Å²) in [5.74, 6) is 1.55. The number of benzene rings is 2. The second kappa shape index (κ2) is 6.89. The van der Waals surface area contributed by atoms with Crippen LogP contribution in [0.4, 0.5) is 0 Å². The summed E-state index contributed by atoms with van der Waals surface area (Å²) in [5.41, 5.74) is 2.13. The van der Waals surface area contributed by atoms with E-state index in [4.69, 9.17) is 4.52 Å². The molecule has 0 spiro atoms. The van der Waals surface area contributed by atoms with Gasteiger partial charge in [-0.05, 0) is 12.0 Å². The van der Waals surface area contributed by atoms with E-state index in [9.17, 15) is 4.79 Å². The van der Waals surface area contributed by atoms with Gasteiger partial charge in [-0.25, -0.2) is 0 Å². The number of hydrogen-bond acceptors (Lipinski definition) is 4. The lowest BCUT2D eigenvalue weighted by atomic mass is 9.99. The average molecular weight is 333 g/mol. The molecule has 0 unspecified atom stereocenters. The maximum Gasteiger partial charge on any atom is 0.233 e. The van der Waals surface area contributed by atoms with Crippen LogP contribution < -0.4 is 0 Å². The van der Waals surface area contributed by atoms with Crippen LogP contribution in [-0.2, 0) is 11.2 Å². The van der Waals surface area contributed by atoms with Gasteiger partial charge in [-0.1, -0.05) is 65.8 Å². The zero-order chi connectivity index (χ0) is 17.1. The molecule has 5 nitrogen and oxygen atoms in total. The van der Waals surface area contributed by atoms with Gasteiger partial charge in [-0.2, -0.15) is 4.98 Å². The number of amides is 1. The first-order valence-electron chi connectivity index (χ1n) is 8.50. The fourth-order valence-corrected chi connectivity index (χ4v) is 3.00. The molecule has 0 aliphatic carbocycles. The normalized spacial score (nSPS) is 14.3. The number of carbonyl (C=O) groups is 1. The van der Waals surface area contributed by atoms with Crippen molar-refractivity contribution < 1.29 is 9.32 Å². The van der Waals surface area contributed by atoms with Crippen molar-refractivity contribution in [1.29, 1.82) is 0 Å². The lowest BCUT2D eigenvalue weighted by molar-refractivity contribution is -0.135. The molecule has 2 heterocycles. The summed E-state index contributed by atoms with van der Waals surface area (Å²) in [6.07, 6.45) is 1.31. The molecule has 126 valence electrons. The third-order valence-electron chi connectivity index (χ3n) is 4.53. The van der Waals surface area contributed by atoms with Gasteiger partial charge in [0.15, 0.2) is 0 Å². The highest BCUT2D eigenvalue weighted by molar-refractivity contribution is 5.77. The van der Waals surface area contributed by atoms with Crippen LogP contribution in [0.25, 0.3) is 11.4 Å². The van der Waals surface area contributed by atoms with Gasteiger partial charge < -0.3 is 9.42 Å². The second-order valence-electron chi connectivity index (χ2n) is 6.30. The summed E-state index contributed by atoms with van der Waals surface area (Å²) in [6, 6.07) is 19.8. The second-order valence-corrected chi connectivity index (χ2v) is 6.30. The van der Waals surface area contributed by atoms with E-state index in [1.807, 2.05) is 53.4 Å². The fraction of sp³-hybridized carbons (Fsp3) is 0.250. The van der Waals surface area contributed by atoms with Crippen LogP contribution >= 0.6 is 0 Å². The van der Waals surface area contributed by atoms with Crippen molar-refractivity contribution in [2.24, 2.45) is 0 Å². The Balaban J connectivity index is 1.30. The highest BCUT2D eigenvalue weighted by Gasteiger charge is 2.35. The van der Waals surface area contributed by atoms with Crippen LogP contribution in [-0.4, -0.2) is 34.0 Å². The van der Waals surface area contributed by atoms with Crippen molar-refractivity contribution >= 4 is 5.91 Å². The maximum atomic E-state index is 12.3. The quantitative estimate of drug-likeness (QED) is 0.719. The first-order chi connectivity index (χ1) is 12.3. The highest BCUT2D eigenvalue weighted by Crippen LogP contribution is 2.28. The van der Waals surface area contributed by atoms with Crippen molar-refractivity contribution in [3.05, 3.63) is 72.1 Å². The molecule has 1 fully saturated rings. The maximum absolute atomic E-state index is 12.3. The van der Waals surface area contributed by atoms with Gasteiger partial charge >= 0.3 is 0 Å². The minimum atomic E-state index is 0.144. The Morgan fingerprint density at radius 1 is 1.04 bits per heavy atom. The smallest absolute Gasteiger partial charge is 0.233 e. The average Bonchev–Trinajstić information content (AvgIpc) is 3.10. The highest BCUT2D eigenvalue weighted by atomic mass is 16.5. The predicted octanol–water partition coefficient (Wildman–Crippen LogP) is 3.30. The van der Waals surface area contributed by atoms with Gasteiger partial charge in [0.2, 0.25) is 17.6 Å². The number of hydrogen-bond donors (Lipinski definition) is 0. The Labute approximate surface area is 146 Å². The molecular formula is C20H19N3O2. The summed E-state index contributed by atoms with van der Waals surface area (Å²) in [6.45, 7) is 1.31. The van der Waals surface area contributed by atoms with Crippen LogP contribution in [0.3, 0.4) is 0 Å². The lowest BCUT2D eigenvalue weighted by Crippen LogP contribution is -2.48. The molecular weight excluding hydrogens is 314 g/mol. The summed E-state index contributed by atoms with van der Waals surface area (Å²) in [4.78, 5) is 18.6. The molecule has 1 aliphatic rings. The molecule has 0 radical (unpaired) electrons. The van der Waals surface area contributed by atoms with Crippen molar-refractivity contribution in [3.8, 4) is 11.4 Å². The first kappa shape index (κ1) is 15.6. The topological polar surface area (TPSA) is 59.2 Å². The van der Waals surface area contributed by atoms with Crippen LogP contribution in [0.1, 0.15) is 23.8 Å². The number of aromatic nitrogens is 2. The number of likely N-dealkylation sites (tertiary alicyclic amines) is 1. The Morgan fingerprint density at radius 3 is 2.44 bits per heavy atom. The van der Waals surface area contributed by atoms with E-state index in [1.54, 1.807) is 0 Å². The van der Waals surface area contributed by atoms with Gasteiger partial charge in [0, 0.05) is 25.1 Å². The SMILES string of the molecule is O=C(CCc1ccccc1)N1CC(c2nc(-c3ccccc3)no2)C1. The third-order valence-corrected chi connectivity index (χ3v) is 4.53. The van der Waals surface area contributed by atoms with E-state index in [0.717, 1.165) is 12.0 Å². The van der Waals surface area contributed by atoms with Crippen molar-refractivity contribution in [3.63, 3.8) is 0 Å². The standard InChI is InChI=1S/C20H19N3O2/c24-18(12-11-15-7-3-1-4-8-15)23-13-17(14-23)20-21-19(22-25-20)16-9-5-2-6-10-16/h1-10,17H,11-14H2. The van der Waals surface area contributed by atoms with Crippen molar-refractivity contribution in [2.75, 3.05) is 13.1 Å². The molecule has 1 aliphatic heterocycles. The van der Waals surface area contributed by atoms with E-state index in [2.05, 4.69) is 22.3 Å². The zero-order valence-corrected chi connectivity index (χ0v) is 13.8. The molecule has 3 aromatic rings. The van der Waals surface area contributed by atoms with Crippen molar-refractivity contribution in [1.82, 2.24) is 15.0 Å². The summed E-state index contributed by atoms with van der Waals surface area (Å²) in [5, 5.41) is 4.05. The lowest BCUT2D eigenvalue weighted by Gasteiger charge is -2.37. The molecule has 1 saturated heterocycles. The molecule has 0 bridgehead atoms. The molecule has 5 heteroatoms. The Morgan fingerprint density at radius 2 is 1.72 bits per heavy atom. The van der Waals surface area contributed by atoms with Gasteiger partial charge in [0.25, 0.3) is 0 Å². The number of nitrogens with zero attached hydrogens (tertiary/aromatic N) is 3. The predicted molar refractivity (Wildman–Crippen MR) is 93.8 cm³/mol. The fourth-order valence-electron chi connectivity index (χ4n) is 3.00. The molecule has 25 heavy (non-hydrogen) atoms. The molecule has 4 rings (SSSR count). The molecule has 1 aromatic heterocycles. The number of rotatable bonds is 5. The summed E-state index contributed by atoms with van der Waals surface area (Å²) < 4.78 is 5.38. The van der Waals surface area contributed by atoms with E-state index >= 15 is 0 Å². The van der Waals surface area contributed by atoms with Crippen LogP contribution in [0.15, 0.2) is 65.2 Å². The molecule has 0 N–H and O–H groups in total. The Hall–Kier alpha value is -2.95. The third kappa shape index (κ3) is 3.45. The van der Waals surface area contributed by atoms with E-state index in [0.29, 0.717) is 31.2 Å². The first-order valence-corrected chi connectivity index (χ1v) is 8.50. The molecule has 1 amide bonds. The molecule has 0 saturated carbocycles. The van der Waals surface area contributed by atoms with E-state index in [1.165, 1.54) is 5.56 Å². The zero-order valence-electron chi connectivity index (χ0n) is 13.8. The summed E-state index contributed by atoms with van der Waals surface area (Å²) >= 11 is 0. The largest absolute Gasteiger partial charge is 0.341 e. The van der Waals surface area contributed by atoms with Crippen LogP contribution in [0, 0.1) is 0 Å². The van der Waals surface area contributed by atoms with Crippen LogP contribution in [0.5, 0.6) is 0 Å². The Bertz CT molecular complexity index is 840.